The van der Waals surface area contributed by atoms with Gasteiger partial charge in [0, 0.05) is 5.54 Å². The minimum atomic E-state index is -3.53. The summed E-state index contributed by atoms with van der Waals surface area (Å²) in [6.45, 7) is 5.46. The molecule has 0 spiro atoms. The molecule has 1 N–H and O–H groups in total. The van der Waals surface area contributed by atoms with Gasteiger partial charge in [0.05, 0.1) is 15.5 Å². The van der Waals surface area contributed by atoms with E-state index in [-0.39, 0.29) is 11.0 Å². The smallest absolute Gasteiger partial charge is 0.241 e. The second-order valence-electron chi connectivity index (χ2n) is 6.83. The van der Waals surface area contributed by atoms with Gasteiger partial charge in [-0.15, -0.1) is 0 Å². The van der Waals surface area contributed by atoms with Crippen LogP contribution >= 0.6 is 15.9 Å². The molecule has 1 aliphatic rings. The molecular formula is C16H24BrNO3S. The van der Waals surface area contributed by atoms with Gasteiger partial charge in [-0.25, -0.2) is 13.1 Å². The van der Waals surface area contributed by atoms with Crippen LogP contribution in [0.3, 0.4) is 0 Å². The van der Waals surface area contributed by atoms with E-state index < -0.39 is 15.6 Å². The Bertz CT molecular complexity index is 617. The first-order valence-corrected chi connectivity index (χ1v) is 9.95. The van der Waals surface area contributed by atoms with Crippen molar-refractivity contribution in [3.8, 4) is 5.75 Å². The normalized spacial score (nSPS) is 17.5. The first kappa shape index (κ1) is 17.8. The first-order chi connectivity index (χ1) is 10.2. The minimum absolute atomic E-state index is 0.236. The van der Waals surface area contributed by atoms with Crippen molar-refractivity contribution in [3.05, 3.63) is 22.7 Å². The summed E-state index contributed by atoms with van der Waals surface area (Å²) in [5.74, 6) is 0.710. The van der Waals surface area contributed by atoms with Crippen LogP contribution in [0.1, 0.15) is 52.9 Å². The van der Waals surface area contributed by atoms with Crippen molar-refractivity contribution in [1.29, 1.82) is 0 Å². The zero-order valence-corrected chi connectivity index (χ0v) is 15.8. The molecule has 22 heavy (non-hydrogen) atoms. The molecule has 1 aromatic rings. The van der Waals surface area contributed by atoms with Crippen molar-refractivity contribution < 1.29 is 13.2 Å². The third-order valence-electron chi connectivity index (χ3n) is 3.50. The molecule has 0 atom stereocenters. The van der Waals surface area contributed by atoms with Crippen molar-refractivity contribution >= 4 is 26.0 Å². The summed E-state index contributed by atoms with van der Waals surface area (Å²) in [6, 6.07) is 4.93. The van der Waals surface area contributed by atoms with Crippen molar-refractivity contribution in [2.24, 2.45) is 0 Å². The van der Waals surface area contributed by atoms with Crippen LogP contribution in [0, 0.1) is 0 Å². The van der Waals surface area contributed by atoms with Crippen LogP contribution in [-0.4, -0.2) is 20.1 Å². The highest BCUT2D eigenvalue weighted by molar-refractivity contribution is 9.10. The van der Waals surface area contributed by atoms with Crippen molar-refractivity contribution in [1.82, 2.24) is 4.72 Å². The van der Waals surface area contributed by atoms with E-state index in [9.17, 15) is 8.42 Å². The van der Waals surface area contributed by atoms with Crippen LogP contribution in [0.25, 0.3) is 0 Å². The van der Waals surface area contributed by atoms with Gasteiger partial charge in [-0.1, -0.05) is 6.42 Å². The molecular weight excluding hydrogens is 366 g/mol. The van der Waals surface area contributed by atoms with Crippen LogP contribution < -0.4 is 9.46 Å². The number of rotatable bonds is 4. The SMILES string of the molecule is CC(C)(C)NS(=O)(=O)c1ccc(OC2CCCCC2)c(Br)c1. The van der Waals surface area contributed by atoms with Gasteiger partial charge in [-0.3, -0.25) is 0 Å². The molecule has 0 bridgehead atoms. The van der Waals surface area contributed by atoms with Crippen LogP contribution in [0.5, 0.6) is 5.75 Å². The molecule has 4 nitrogen and oxygen atoms in total. The molecule has 1 aliphatic carbocycles. The predicted molar refractivity (Wildman–Crippen MR) is 91.7 cm³/mol. The average Bonchev–Trinajstić information content (AvgIpc) is 2.39. The standard InChI is InChI=1S/C16H24BrNO3S/c1-16(2,3)18-22(19,20)13-9-10-15(14(17)11-13)21-12-7-5-4-6-8-12/h9-12,18H,4-8H2,1-3H3. The molecule has 0 heterocycles. The first-order valence-electron chi connectivity index (χ1n) is 7.67. The fraction of sp³-hybridized carbons (Fsp3) is 0.625. The van der Waals surface area contributed by atoms with E-state index in [0.29, 0.717) is 10.2 Å². The van der Waals surface area contributed by atoms with Crippen molar-refractivity contribution in [2.75, 3.05) is 0 Å². The van der Waals surface area contributed by atoms with Gasteiger partial charge in [0.1, 0.15) is 5.75 Å². The van der Waals surface area contributed by atoms with Gasteiger partial charge in [-0.05, 0) is 80.6 Å². The van der Waals surface area contributed by atoms with E-state index in [1.807, 2.05) is 20.8 Å². The summed E-state index contributed by atoms with van der Waals surface area (Å²) in [7, 11) is -3.53. The quantitative estimate of drug-likeness (QED) is 0.837. The number of benzene rings is 1. The highest BCUT2D eigenvalue weighted by Crippen LogP contribution is 2.31. The summed E-state index contributed by atoms with van der Waals surface area (Å²) < 4.78 is 34.0. The Morgan fingerprint density at radius 1 is 1.18 bits per heavy atom. The Balaban J connectivity index is 2.15. The number of hydrogen-bond donors (Lipinski definition) is 1. The Kier molecular flexibility index (Phi) is 5.56. The Morgan fingerprint density at radius 2 is 1.82 bits per heavy atom. The topological polar surface area (TPSA) is 55.4 Å². The lowest BCUT2D eigenvalue weighted by Crippen LogP contribution is -2.40. The van der Waals surface area contributed by atoms with Crippen LogP contribution in [0.2, 0.25) is 0 Å². The monoisotopic (exact) mass is 389 g/mol. The van der Waals surface area contributed by atoms with Crippen molar-refractivity contribution in [3.63, 3.8) is 0 Å². The highest BCUT2D eigenvalue weighted by Gasteiger charge is 2.23. The highest BCUT2D eigenvalue weighted by atomic mass is 79.9. The largest absolute Gasteiger partial charge is 0.489 e. The Labute approximate surface area is 141 Å². The molecule has 1 aromatic carbocycles. The molecule has 0 saturated heterocycles. The summed E-state index contributed by atoms with van der Waals surface area (Å²) in [6.07, 6.45) is 6.04. The Hall–Kier alpha value is -0.590. The molecule has 0 amide bonds. The number of sulfonamides is 1. The number of hydrogen-bond acceptors (Lipinski definition) is 3. The zero-order valence-electron chi connectivity index (χ0n) is 13.4. The average molecular weight is 390 g/mol. The second kappa shape index (κ2) is 6.89. The summed E-state index contributed by atoms with van der Waals surface area (Å²) in [4.78, 5) is 0.241. The third kappa shape index (κ3) is 4.96. The van der Waals surface area contributed by atoms with Crippen molar-refractivity contribution in [2.45, 2.75) is 69.4 Å². The van der Waals surface area contributed by atoms with Gasteiger partial charge in [0.15, 0.2) is 0 Å². The number of nitrogens with one attached hydrogen (secondary N) is 1. The van der Waals surface area contributed by atoms with Gasteiger partial charge in [-0.2, -0.15) is 0 Å². The molecule has 0 unspecified atom stereocenters. The summed E-state index contributed by atoms with van der Waals surface area (Å²) >= 11 is 3.43. The van der Waals surface area contributed by atoms with E-state index in [1.165, 1.54) is 19.3 Å². The molecule has 6 heteroatoms. The van der Waals surface area contributed by atoms with E-state index in [4.69, 9.17) is 4.74 Å². The maximum Gasteiger partial charge on any atom is 0.241 e. The summed E-state index contributed by atoms with van der Waals surface area (Å²) in [5.41, 5.74) is -0.511. The Morgan fingerprint density at radius 3 is 2.36 bits per heavy atom. The van der Waals surface area contributed by atoms with E-state index in [1.54, 1.807) is 18.2 Å². The molecule has 0 aliphatic heterocycles. The second-order valence-corrected chi connectivity index (χ2v) is 9.36. The fourth-order valence-corrected chi connectivity index (χ4v) is 4.64. The fourth-order valence-electron chi connectivity index (χ4n) is 2.57. The van der Waals surface area contributed by atoms with Crippen LogP contribution in [-0.2, 0) is 10.0 Å². The molecule has 1 fully saturated rings. The van der Waals surface area contributed by atoms with Crippen LogP contribution in [0.4, 0.5) is 0 Å². The van der Waals surface area contributed by atoms with E-state index in [0.717, 1.165) is 12.8 Å². The van der Waals surface area contributed by atoms with Crippen LogP contribution in [0.15, 0.2) is 27.6 Å². The maximum absolute atomic E-state index is 12.3. The lowest BCUT2D eigenvalue weighted by Gasteiger charge is -2.24. The summed E-state index contributed by atoms with van der Waals surface area (Å²) in [5, 5.41) is 0. The maximum atomic E-state index is 12.3. The molecule has 1 saturated carbocycles. The lowest BCUT2D eigenvalue weighted by atomic mass is 9.98. The zero-order chi connectivity index (χ0) is 16.4. The lowest BCUT2D eigenvalue weighted by molar-refractivity contribution is 0.154. The predicted octanol–water partition coefficient (Wildman–Crippen LogP) is 4.24. The molecule has 2 rings (SSSR count). The third-order valence-corrected chi connectivity index (χ3v) is 5.88. The molecule has 0 radical (unpaired) electrons. The van der Waals surface area contributed by atoms with Gasteiger partial charge >= 0.3 is 0 Å². The number of halogens is 1. The van der Waals surface area contributed by atoms with Gasteiger partial charge < -0.3 is 4.74 Å². The van der Waals surface area contributed by atoms with E-state index >= 15 is 0 Å². The molecule has 124 valence electrons. The minimum Gasteiger partial charge on any atom is -0.489 e. The van der Waals surface area contributed by atoms with Gasteiger partial charge in [0.2, 0.25) is 10.0 Å². The van der Waals surface area contributed by atoms with E-state index in [2.05, 4.69) is 20.7 Å². The molecule has 0 aromatic heterocycles. The number of ether oxygens (including phenoxy) is 1. The van der Waals surface area contributed by atoms with Gasteiger partial charge in [0.25, 0.3) is 0 Å².